The summed E-state index contributed by atoms with van der Waals surface area (Å²) in [7, 11) is 5.80. The highest BCUT2D eigenvalue weighted by Crippen LogP contribution is 2.22. The van der Waals surface area contributed by atoms with Crippen LogP contribution in [0.25, 0.3) is 0 Å². The first kappa shape index (κ1) is 18.6. The molecule has 24 heavy (non-hydrogen) atoms. The van der Waals surface area contributed by atoms with Gasteiger partial charge in [0.2, 0.25) is 5.91 Å². The van der Waals surface area contributed by atoms with Crippen molar-refractivity contribution in [1.29, 1.82) is 0 Å². The molecule has 4 heteroatoms. The zero-order valence-electron chi connectivity index (χ0n) is 14.9. The van der Waals surface area contributed by atoms with Crippen molar-refractivity contribution < 1.29 is 4.79 Å². The van der Waals surface area contributed by atoms with E-state index < -0.39 is 0 Å². The van der Waals surface area contributed by atoms with Crippen LogP contribution >= 0.6 is 11.8 Å². The van der Waals surface area contributed by atoms with Gasteiger partial charge in [0, 0.05) is 24.2 Å². The molecule has 0 saturated heterocycles. The molecule has 0 aliphatic carbocycles. The number of benzene rings is 2. The first-order valence-corrected chi connectivity index (χ1v) is 9.13. The molecule has 0 aliphatic heterocycles. The zero-order chi connectivity index (χ0) is 17.5. The molecule has 1 atom stereocenters. The van der Waals surface area contributed by atoms with Gasteiger partial charge in [-0.1, -0.05) is 48.0 Å². The van der Waals surface area contributed by atoms with E-state index in [1.54, 1.807) is 11.8 Å². The quantitative estimate of drug-likeness (QED) is 0.714. The molecule has 2 rings (SSSR count). The standard InChI is InChI=1S/C20H26N2OS/c1-16-9-8-10-17(15-16)19(21(2)3)20(23)22(4)13-14-24-18-11-6-5-7-12-18/h5-12,15,19H,13-14H2,1-4H3. The molecule has 0 spiro atoms. The van der Waals surface area contributed by atoms with Crippen molar-refractivity contribution in [3.8, 4) is 0 Å². The van der Waals surface area contributed by atoms with Crippen molar-refractivity contribution in [3.05, 3.63) is 65.7 Å². The Morgan fingerprint density at radius 2 is 1.75 bits per heavy atom. The number of hydrogen-bond donors (Lipinski definition) is 0. The van der Waals surface area contributed by atoms with Gasteiger partial charge < -0.3 is 4.90 Å². The Hall–Kier alpha value is -1.78. The van der Waals surface area contributed by atoms with Crippen molar-refractivity contribution >= 4 is 17.7 Å². The fraction of sp³-hybridized carbons (Fsp3) is 0.350. The normalized spacial score (nSPS) is 12.2. The zero-order valence-corrected chi connectivity index (χ0v) is 15.7. The Kier molecular flexibility index (Phi) is 6.88. The second-order valence-corrected chi connectivity index (χ2v) is 7.37. The Morgan fingerprint density at radius 3 is 2.38 bits per heavy atom. The Bertz CT molecular complexity index is 658. The van der Waals surface area contributed by atoms with Crippen molar-refractivity contribution in [2.45, 2.75) is 17.9 Å². The minimum absolute atomic E-state index is 0.138. The van der Waals surface area contributed by atoms with Gasteiger partial charge in [0.1, 0.15) is 6.04 Å². The predicted octanol–water partition coefficient (Wildman–Crippen LogP) is 3.85. The third-order valence-electron chi connectivity index (χ3n) is 3.92. The monoisotopic (exact) mass is 342 g/mol. The average Bonchev–Trinajstić information content (AvgIpc) is 2.55. The molecular formula is C20H26N2OS. The van der Waals surface area contributed by atoms with Crippen LogP contribution in [0.4, 0.5) is 0 Å². The number of nitrogens with zero attached hydrogens (tertiary/aromatic N) is 2. The lowest BCUT2D eigenvalue weighted by atomic mass is 10.0. The maximum atomic E-state index is 12.9. The number of hydrogen-bond acceptors (Lipinski definition) is 3. The van der Waals surface area contributed by atoms with Crippen LogP contribution < -0.4 is 0 Å². The first-order chi connectivity index (χ1) is 11.5. The summed E-state index contributed by atoms with van der Waals surface area (Å²) in [6.07, 6.45) is 0. The third kappa shape index (κ3) is 5.11. The molecule has 128 valence electrons. The van der Waals surface area contributed by atoms with Crippen LogP contribution in [0.1, 0.15) is 17.2 Å². The molecule has 1 unspecified atom stereocenters. The minimum Gasteiger partial charge on any atom is -0.343 e. The first-order valence-electron chi connectivity index (χ1n) is 8.15. The van der Waals surface area contributed by atoms with E-state index in [-0.39, 0.29) is 11.9 Å². The fourth-order valence-corrected chi connectivity index (χ4v) is 3.59. The molecule has 3 nitrogen and oxygen atoms in total. The van der Waals surface area contributed by atoms with E-state index in [0.717, 1.165) is 17.9 Å². The van der Waals surface area contributed by atoms with Gasteiger partial charge in [-0.2, -0.15) is 0 Å². The largest absolute Gasteiger partial charge is 0.343 e. The lowest BCUT2D eigenvalue weighted by molar-refractivity contribution is -0.134. The van der Waals surface area contributed by atoms with Gasteiger partial charge in [-0.15, -0.1) is 11.8 Å². The number of carbonyl (C=O) groups is 1. The van der Waals surface area contributed by atoms with E-state index in [9.17, 15) is 4.79 Å². The number of carbonyl (C=O) groups excluding carboxylic acids is 1. The average molecular weight is 343 g/mol. The molecule has 0 fully saturated rings. The number of aryl methyl sites for hydroxylation is 1. The number of thioether (sulfide) groups is 1. The van der Waals surface area contributed by atoms with E-state index in [1.807, 2.05) is 61.3 Å². The third-order valence-corrected chi connectivity index (χ3v) is 4.92. The van der Waals surface area contributed by atoms with Gasteiger partial charge in [0.05, 0.1) is 0 Å². The summed E-state index contributed by atoms with van der Waals surface area (Å²) in [6, 6.07) is 18.2. The molecule has 1 amide bonds. The van der Waals surface area contributed by atoms with Crippen LogP contribution in [0.3, 0.4) is 0 Å². The number of likely N-dealkylation sites (N-methyl/N-ethyl adjacent to an activating group) is 2. The molecule has 0 saturated carbocycles. The van der Waals surface area contributed by atoms with Gasteiger partial charge in [-0.25, -0.2) is 0 Å². The molecule has 2 aromatic carbocycles. The molecule has 2 aromatic rings. The lowest BCUT2D eigenvalue weighted by Crippen LogP contribution is -2.39. The van der Waals surface area contributed by atoms with Gasteiger partial charge in [0.25, 0.3) is 0 Å². The topological polar surface area (TPSA) is 23.6 Å². The van der Waals surface area contributed by atoms with E-state index in [4.69, 9.17) is 0 Å². The highest BCUT2D eigenvalue weighted by Gasteiger charge is 2.25. The molecular weight excluding hydrogens is 316 g/mol. The second-order valence-electron chi connectivity index (χ2n) is 6.20. The van der Waals surface area contributed by atoms with Gasteiger partial charge in [-0.05, 0) is 38.7 Å². The predicted molar refractivity (Wildman–Crippen MR) is 102 cm³/mol. The van der Waals surface area contributed by atoms with Crippen LogP contribution in [0.15, 0.2) is 59.5 Å². The Balaban J connectivity index is 1.98. The maximum Gasteiger partial charge on any atom is 0.244 e. The number of rotatable bonds is 7. The van der Waals surface area contributed by atoms with Gasteiger partial charge >= 0.3 is 0 Å². The summed E-state index contributed by atoms with van der Waals surface area (Å²) in [5.74, 6) is 1.03. The van der Waals surface area contributed by atoms with Crippen LogP contribution in [0.5, 0.6) is 0 Å². The van der Waals surface area contributed by atoms with E-state index >= 15 is 0 Å². The van der Waals surface area contributed by atoms with Crippen molar-refractivity contribution in [2.75, 3.05) is 33.4 Å². The molecule has 0 radical (unpaired) electrons. The fourth-order valence-electron chi connectivity index (χ4n) is 2.64. The highest BCUT2D eigenvalue weighted by atomic mass is 32.2. The van der Waals surface area contributed by atoms with Crippen LogP contribution in [-0.4, -0.2) is 49.1 Å². The number of amides is 1. The molecule has 0 heterocycles. The summed E-state index contributed by atoms with van der Waals surface area (Å²) < 4.78 is 0. The van der Waals surface area contributed by atoms with Crippen molar-refractivity contribution in [2.24, 2.45) is 0 Å². The lowest BCUT2D eigenvalue weighted by Gasteiger charge is -2.28. The van der Waals surface area contributed by atoms with Crippen molar-refractivity contribution in [1.82, 2.24) is 9.80 Å². The highest BCUT2D eigenvalue weighted by molar-refractivity contribution is 7.99. The minimum atomic E-state index is -0.239. The van der Waals surface area contributed by atoms with Crippen LogP contribution in [0.2, 0.25) is 0 Å². The summed E-state index contributed by atoms with van der Waals surface area (Å²) in [6.45, 7) is 2.79. The van der Waals surface area contributed by atoms with Crippen LogP contribution in [-0.2, 0) is 4.79 Å². The second kappa shape index (κ2) is 8.90. The van der Waals surface area contributed by atoms with Gasteiger partial charge in [0.15, 0.2) is 0 Å². The van der Waals surface area contributed by atoms with Crippen LogP contribution in [0, 0.1) is 6.92 Å². The SMILES string of the molecule is Cc1cccc(C(C(=O)N(C)CCSc2ccccc2)N(C)C)c1. The maximum absolute atomic E-state index is 12.9. The summed E-state index contributed by atoms with van der Waals surface area (Å²) in [5, 5.41) is 0. The van der Waals surface area contributed by atoms with Crippen molar-refractivity contribution in [3.63, 3.8) is 0 Å². The summed E-state index contributed by atoms with van der Waals surface area (Å²) in [5.41, 5.74) is 2.22. The summed E-state index contributed by atoms with van der Waals surface area (Å²) >= 11 is 1.78. The van der Waals surface area contributed by atoms with Gasteiger partial charge in [-0.3, -0.25) is 9.69 Å². The van der Waals surface area contributed by atoms with E-state index in [0.29, 0.717) is 0 Å². The molecule has 0 N–H and O–H groups in total. The molecule has 0 aromatic heterocycles. The molecule has 0 bridgehead atoms. The smallest absolute Gasteiger partial charge is 0.244 e. The van der Waals surface area contributed by atoms with E-state index in [2.05, 4.69) is 31.2 Å². The Morgan fingerprint density at radius 1 is 1.04 bits per heavy atom. The van der Waals surface area contributed by atoms with E-state index in [1.165, 1.54) is 10.5 Å². The summed E-state index contributed by atoms with van der Waals surface area (Å²) in [4.78, 5) is 18.0. The Labute approximate surface area is 149 Å². The molecule has 0 aliphatic rings.